The van der Waals surface area contributed by atoms with Gasteiger partial charge in [-0.05, 0) is 37.7 Å². The van der Waals surface area contributed by atoms with Crippen molar-refractivity contribution in [2.45, 2.75) is 17.4 Å². The molecular formula is C14H21N3O4S. The third-order valence-electron chi connectivity index (χ3n) is 3.96. The number of nitrogens with zero attached hydrogens (tertiary/aromatic N) is 2. The van der Waals surface area contributed by atoms with Gasteiger partial charge in [-0.2, -0.15) is 0 Å². The van der Waals surface area contributed by atoms with Gasteiger partial charge in [-0.25, -0.2) is 13.6 Å². The Labute approximate surface area is 130 Å². The molecule has 1 saturated heterocycles. The summed E-state index contributed by atoms with van der Waals surface area (Å²) in [7, 11) is -1.78. The van der Waals surface area contributed by atoms with Gasteiger partial charge in [0.25, 0.3) is 5.91 Å². The van der Waals surface area contributed by atoms with Crippen LogP contribution in [0.25, 0.3) is 0 Å². The highest BCUT2D eigenvalue weighted by Gasteiger charge is 2.27. The molecule has 1 aliphatic rings. The number of likely N-dealkylation sites (N-methyl/N-ethyl adjacent to an activating group) is 1. The molecule has 1 atom stereocenters. The van der Waals surface area contributed by atoms with E-state index in [2.05, 4.69) is 4.90 Å². The van der Waals surface area contributed by atoms with Gasteiger partial charge in [0.1, 0.15) is 0 Å². The minimum Gasteiger partial charge on any atom is -0.396 e. The lowest BCUT2D eigenvalue weighted by Gasteiger charge is -2.39. The summed E-state index contributed by atoms with van der Waals surface area (Å²) < 4.78 is 22.4. The summed E-state index contributed by atoms with van der Waals surface area (Å²) in [5.74, 6) is -0.142. The molecule has 2 rings (SSSR count). The van der Waals surface area contributed by atoms with Crippen molar-refractivity contribution >= 4 is 15.9 Å². The standard InChI is InChI=1S/C14H21N3O4S/c1-16-7-8-17(10-12(16)6-9-18)14(19)11-2-4-13(5-3-11)22(15,20)21/h2-5,12,18H,6-10H2,1H3,(H2,15,20,21)/t12-/m1/s1. The Balaban J connectivity index is 2.11. The lowest BCUT2D eigenvalue weighted by molar-refractivity contribution is 0.0500. The summed E-state index contributed by atoms with van der Waals surface area (Å²) in [6.07, 6.45) is 0.616. The van der Waals surface area contributed by atoms with E-state index in [4.69, 9.17) is 10.2 Å². The zero-order valence-corrected chi connectivity index (χ0v) is 13.3. The fraction of sp³-hybridized carbons (Fsp3) is 0.500. The third-order valence-corrected chi connectivity index (χ3v) is 4.89. The van der Waals surface area contributed by atoms with Crippen LogP contribution in [0.1, 0.15) is 16.8 Å². The highest BCUT2D eigenvalue weighted by Crippen LogP contribution is 2.15. The van der Waals surface area contributed by atoms with Crippen LogP contribution in [-0.2, 0) is 10.0 Å². The number of hydrogen-bond donors (Lipinski definition) is 2. The zero-order chi connectivity index (χ0) is 16.3. The third kappa shape index (κ3) is 3.83. The van der Waals surface area contributed by atoms with Crippen LogP contribution in [-0.4, -0.2) is 68.6 Å². The van der Waals surface area contributed by atoms with E-state index in [1.54, 1.807) is 4.90 Å². The highest BCUT2D eigenvalue weighted by atomic mass is 32.2. The van der Waals surface area contributed by atoms with Crippen molar-refractivity contribution in [1.82, 2.24) is 9.80 Å². The van der Waals surface area contributed by atoms with E-state index in [1.807, 2.05) is 7.05 Å². The molecule has 0 radical (unpaired) electrons. The maximum Gasteiger partial charge on any atom is 0.253 e. The average Bonchev–Trinajstić information content (AvgIpc) is 2.48. The number of sulfonamides is 1. The lowest BCUT2D eigenvalue weighted by Crippen LogP contribution is -2.53. The molecule has 0 aromatic heterocycles. The minimum absolute atomic E-state index is 0.0133. The Morgan fingerprint density at radius 3 is 2.50 bits per heavy atom. The van der Waals surface area contributed by atoms with Crippen molar-refractivity contribution < 1.29 is 18.3 Å². The lowest BCUT2D eigenvalue weighted by atomic mass is 10.1. The second kappa shape index (κ2) is 6.74. The van der Waals surface area contributed by atoms with Gasteiger partial charge in [-0.1, -0.05) is 0 Å². The summed E-state index contributed by atoms with van der Waals surface area (Å²) in [4.78, 5) is 16.3. The quantitative estimate of drug-likeness (QED) is 0.774. The molecule has 7 nitrogen and oxygen atoms in total. The summed E-state index contributed by atoms with van der Waals surface area (Å²) in [5.41, 5.74) is 0.430. The Morgan fingerprint density at radius 2 is 1.95 bits per heavy atom. The number of hydrogen-bond acceptors (Lipinski definition) is 5. The van der Waals surface area contributed by atoms with E-state index < -0.39 is 10.0 Å². The first-order chi connectivity index (χ1) is 10.3. The molecule has 3 N–H and O–H groups in total. The topological polar surface area (TPSA) is 104 Å². The van der Waals surface area contributed by atoms with Crippen molar-refractivity contribution in [3.05, 3.63) is 29.8 Å². The normalized spacial score (nSPS) is 20.1. The fourth-order valence-corrected chi connectivity index (χ4v) is 3.08. The number of rotatable bonds is 4. The van der Waals surface area contributed by atoms with Crippen molar-refractivity contribution in [3.63, 3.8) is 0 Å². The number of aliphatic hydroxyl groups excluding tert-OH is 1. The van der Waals surface area contributed by atoms with Crippen LogP contribution in [0.15, 0.2) is 29.2 Å². The summed E-state index contributed by atoms with van der Waals surface area (Å²) in [5, 5.41) is 14.1. The van der Waals surface area contributed by atoms with Crippen LogP contribution < -0.4 is 5.14 Å². The number of aliphatic hydroxyl groups is 1. The van der Waals surface area contributed by atoms with Crippen molar-refractivity contribution in [3.8, 4) is 0 Å². The molecule has 1 aromatic carbocycles. The monoisotopic (exact) mass is 327 g/mol. The molecule has 1 amide bonds. The van der Waals surface area contributed by atoms with Crippen molar-refractivity contribution in [2.75, 3.05) is 33.3 Å². The summed E-state index contributed by atoms with van der Waals surface area (Å²) in [6.45, 7) is 1.98. The highest BCUT2D eigenvalue weighted by molar-refractivity contribution is 7.89. The first-order valence-corrected chi connectivity index (χ1v) is 8.61. The largest absolute Gasteiger partial charge is 0.396 e. The van der Waals surface area contributed by atoms with E-state index in [9.17, 15) is 13.2 Å². The van der Waals surface area contributed by atoms with Gasteiger partial charge in [0.05, 0.1) is 4.90 Å². The first-order valence-electron chi connectivity index (χ1n) is 7.06. The van der Waals surface area contributed by atoms with Gasteiger partial charge < -0.3 is 10.0 Å². The van der Waals surface area contributed by atoms with Crippen LogP contribution in [0.4, 0.5) is 0 Å². The van der Waals surface area contributed by atoms with Crippen LogP contribution in [0, 0.1) is 0 Å². The van der Waals surface area contributed by atoms with E-state index in [0.717, 1.165) is 6.54 Å². The number of carbonyl (C=O) groups is 1. The first kappa shape index (κ1) is 16.9. The Bertz CT molecular complexity index is 630. The number of primary sulfonamides is 1. The predicted molar refractivity (Wildman–Crippen MR) is 81.8 cm³/mol. The maximum atomic E-state index is 12.5. The SMILES string of the molecule is CN1CCN(C(=O)c2ccc(S(N)(=O)=O)cc2)C[C@H]1CCO. The smallest absolute Gasteiger partial charge is 0.253 e. The van der Waals surface area contributed by atoms with Crippen LogP contribution in [0.2, 0.25) is 0 Å². The number of nitrogens with two attached hydrogens (primary N) is 1. The fourth-order valence-electron chi connectivity index (χ4n) is 2.56. The molecule has 1 heterocycles. The van der Waals surface area contributed by atoms with Crippen LogP contribution in [0.3, 0.4) is 0 Å². The average molecular weight is 327 g/mol. The second-order valence-electron chi connectivity index (χ2n) is 5.47. The summed E-state index contributed by atoms with van der Waals surface area (Å²) in [6, 6.07) is 5.75. The van der Waals surface area contributed by atoms with E-state index >= 15 is 0 Å². The van der Waals surface area contributed by atoms with E-state index in [-0.39, 0.29) is 23.5 Å². The van der Waals surface area contributed by atoms with E-state index in [1.165, 1.54) is 24.3 Å². The second-order valence-corrected chi connectivity index (χ2v) is 7.03. The zero-order valence-electron chi connectivity index (χ0n) is 12.5. The minimum atomic E-state index is -3.75. The van der Waals surface area contributed by atoms with Crippen molar-refractivity contribution in [2.24, 2.45) is 5.14 Å². The Kier molecular flexibility index (Phi) is 5.17. The van der Waals surface area contributed by atoms with E-state index in [0.29, 0.717) is 25.1 Å². The Morgan fingerprint density at radius 1 is 1.32 bits per heavy atom. The van der Waals surface area contributed by atoms with Gasteiger partial charge >= 0.3 is 0 Å². The molecule has 122 valence electrons. The van der Waals surface area contributed by atoms with Gasteiger partial charge in [0, 0.05) is 37.8 Å². The predicted octanol–water partition coefficient (Wildman–Crippen LogP) is -0.527. The van der Waals surface area contributed by atoms with Crippen molar-refractivity contribution in [1.29, 1.82) is 0 Å². The molecule has 0 unspecified atom stereocenters. The number of benzene rings is 1. The molecule has 1 aromatic rings. The van der Waals surface area contributed by atoms with Gasteiger partial charge in [-0.3, -0.25) is 9.69 Å². The maximum absolute atomic E-state index is 12.5. The molecule has 0 saturated carbocycles. The Hall–Kier alpha value is -1.48. The molecule has 0 bridgehead atoms. The molecule has 0 spiro atoms. The van der Waals surface area contributed by atoms with Gasteiger partial charge in [0.15, 0.2) is 0 Å². The summed E-state index contributed by atoms with van der Waals surface area (Å²) >= 11 is 0. The molecule has 0 aliphatic carbocycles. The van der Waals surface area contributed by atoms with Gasteiger partial charge in [-0.15, -0.1) is 0 Å². The number of amides is 1. The van der Waals surface area contributed by atoms with Gasteiger partial charge in [0.2, 0.25) is 10.0 Å². The molecule has 8 heteroatoms. The number of piperazine rings is 1. The molecule has 1 aliphatic heterocycles. The van der Waals surface area contributed by atoms with Crippen LogP contribution >= 0.6 is 0 Å². The molecule has 22 heavy (non-hydrogen) atoms. The molecule has 1 fully saturated rings. The number of carbonyl (C=O) groups excluding carboxylic acids is 1. The van der Waals surface area contributed by atoms with Crippen LogP contribution in [0.5, 0.6) is 0 Å². The molecular weight excluding hydrogens is 306 g/mol.